The topological polar surface area (TPSA) is 72.2 Å². The van der Waals surface area contributed by atoms with Crippen LogP contribution in [0.1, 0.15) is 37.0 Å². The van der Waals surface area contributed by atoms with Crippen molar-refractivity contribution in [2.24, 2.45) is 5.92 Å². The zero-order chi connectivity index (χ0) is 14.0. The Morgan fingerprint density at radius 3 is 2.68 bits per heavy atom. The van der Waals surface area contributed by atoms with Crippen LogP contribution in [0.5, 0.6) is 0 Å². The molecule has 0 amide bonds. The Kier molecular flexibility index (Phi) is 3.66. The molecule has 1 aliphatic heterocycles. The fourth-order valence-corrected chi connectivity index (χ4v) is 2.41. The maximum Gasteiger partial charge on any atom is 0.280 e. The lowest BCUT2D eigenvalue weighted by atomic mass is 9.83. The molecule has 1 fully saturated rings. The maximum atomic E-state index is 12.4. The zero-order valence-electron chi connectivity index (χ0n) is 11.2. The quantitative estimate of drug-likeness (QED) is 0.516. The number of rotatable bonds is 3. The second-order valence-electron chi connectivity index (χ2n) is 5.64. The van der Waals surface area contributed by atoms with Gasteiger partial charge in [-0.15, -0.1) is 0 Å². The van der Waals surface area contributed by atoms with Gasteiger partial charge in [0.05, 0.1) is 10.5 Å². The van der Waals surface area contributed by atoms with Crippen molar-refractivity contribution in [3.05, 3.63) is 39.9 Å². The van der Waals surface area contributed by atoms with E-state index in [1.54, 1.807) is 18.2 Å². The molecule has 19 heavy (non-hydrogen) atoms. The number of carbonyl (C=O) groups excluding carboxylic acids is 1. The van der Waals surface area contributed by atoms with Gasteiger partial charge < -0.3 is 5.32 Å². The monoisotopic (exact) mass is 262 g/mol. The van der Waals surface area contributed by atoms with Crippen LogP contribution in [-0.2, 0) is 0 Å². The molecule has 1 aliphatic rings. The molecule has 0 saturated carbocycles. The summed E-state index contributed by atoms with van der Waals surface area (Å²) in [6, 6.07) is 6.17. The van der Waals surface area contributed by atoms with Gasteiger partial charge in [0, 0.05) is 24.1 Å². The molecule has 2 rings (SSSR count). The predicted octanol–water partition coefficient (Wildman–Crippen LogP) is 2.56. The number of Topliss-reactive ketones (excluding diaryl/α,β-unsaturated/α-hetero) is 1. The Labute approximate surface area is 112 Å². The second kappa shape index (κ2) is 5.09. The summed E-state index contributed by atoms with van der Waals surface area (Å²) >= 11 is 0. The van der Waals surface area contributed by atoms with Crippen molar-refractivity contribution in [1.29, 1.82) is 0 Å². The molecule has 1 aromatic carbocycles. The Morgan fingerprint density at radius 1 is 1.42 bits per heavy atom. The number of hydrogen-bond donors (Lipinski definition) is 1. The molecule has 1 saturated heterocycles. The third-order valence-electron chi connectivity index (χ3n) is 3.68. The summed E-state index contributed by atoms with van der Waals surface area (Å²) in [5.41, 5.74) is 0.163. The van der Waals surface area contributed by atoms with Gasteiger partial charge in [-0.25, -0.2) is 0 Å². The molecule has 5 nitrogen and oxygen atoms in total. The average molecular weight is 262 g/mol. The summed E-state index contributed by atoms with van der Waals surface area (Å²) in [7, 11) is 0. The molecular weight excluding hydrogens is 244 g/mol. The molecule has 0 aromatic heterocycles. The van der Waals surface area contributed by atoms with Gasteiger partial charge in [0.2, 0.25) is 0 Å². The van der Waals surface area contributed by atoms with Crippen molar-refractivity contribution in [3.63, 3.8) is 0 Å². The third-order valence-corrected chi connectivity index (χ3v) is 3.68. The first kappa shape index (κ1) is 13.7. The average Bonchev–Trinajstić information content (AvgIpc) is 2.38. The molecule has 0 aliphatic carbocycles. The van der Waals surface area contributed by atoms with Crippen molar-refractivity contribution in [2.75, 3.05) is 6.54 Å². The Balaban J connectivity index is 2.19. The van der Waals surface area contributed by atoms with Gasteiger partial charge in [0.1, 0.15) is 0 Å². The van der Waals surface area contributed by atoms with Gasteiger partial charge in [-0.1, -0.05) is 12.1 Å². The summed E-state index contributed by atoms with van der Waals surface area (Å²) in [5, 5.41) is 14.3. The summed E-state index contributed by atoms with van der Waals surface area (Å²) in [5.74, 6) is -0.301. The van der Waals surface area contributed by atoms with Gasteiger partial charge in [-0.3, -0.25) is 14.9 Å². The Hall–Kier alpha value is -1.75. The van der Waals surface area contributed by atoms with E-state index in [-0.39, 0.29) is 28.5 Å². The van der Waals surface area contributed by atoms with Gasteiger partial charge >= 0.3 is 0 Å². The van der Waals surface area contributed by atoms with Crippen molar-refractivity contribution < 1.29 is 9.72 Å². The number of ketones is 1. The van der Waals surface area contributed by atoms with E-state index in [9.17, 15) is 14.9 Å². The molecule has 0 bridgehead atoms. The van der Waals surface area contributed by atoms with E-state index in [1.807, 2.05) is 0 Å². The summed E-state index contributed by atoms with van der Waals surface area (Å²) < 4.78 is 0. The van der Waals surface area contributed by atoms with Crippen LogP contribution in [0.25, 0.3) is 0 Å². The maximum absolute atomic E-state index is 12.4. The lowest BCUT2D eigenvalue weighted by Gasteiger charge is -2.35. The van der Waals surface area contributed by atoms with Crippen molar-refractivity contribution >= 4 is 11.5 Å². The number of nitrogens with zero attached hydrogens (tertiary/aromatic N) is 1. The number of piperidine rings is 1. The fourth-order valence-electron chi connectivity index (χ4n) is 2.41. The van der Waals surface area contributed by atoms with Crippen LogP contribution < -0.4 is 5.32 Å². The molecule has 1 heterocycles. The molecule has 0 radical (unpaired) electrons. The molecule has 1 aromatic rings. The zero-order valence-corrected chi connectivity index (χ0v) is 11.2. The van der Waals surface area contributed by atoms with Crippen LogP contribution in [0, 0.1) is 16.0 Å². The second-order valence-corrected chi connectivity index (χ2v) is 5.64. The first-order valence-electron chi connectivity index (χ1n) is 6.43. The van der Waals surface area contributed by atoms with Crippen LogP contribution in [-0.4, -0.2) is 22.8 Å². The molecule has 5 heteroatoms. The standard InChI is InChI=1S/C14H18N2O3/c1-14(2)8-7-10(9-15-14)13(17)11-5-3-4-6-12(11)16(18)19/h3-6,10,15H,7-9H2,1-2H3. The van der Waals surface area contributed by atoms with Crippen LogP contribution in [0.2, 0.25) is 0 Å². The minimum absolute atomic E-state index is 0.0411. The van der Waals surface area contributed by atoms with Gasteiger partial charge in [0.15, 0.2) is 5.78 Å². The van der Waals surface area contributed by atoms with Crippen molar-refractivity contribution in [2.45, 2.75) is 32.2 Å². The first-order chi connectivity index (χ1) is 8.91. The lowest BCUT2D eigenvalue weighted by Crippen LogP contribution is -2.48. The van der Waals surface area contributed by atoms with Crippen molar-refractivity contribution in [3.8, 4) is 0 Å². The molecule has 1 atom stereocenters. The molecule has 102 valence electrons. The molecule has 1 unspecified atom stereocenters. The SMILES string of the molecule is CC1(C)CCC(C(=O)c2ccccc2[N+](=O)[O-])CN1. The minimum Gasteiger partial charge on any atom is -0.311 e. The smallest absolute Gasteiger partial charge is 0.280 e. The van der Waals surface area contributed by atoms with Crippen LogP contribution in [0.15, 0.2) is 24.3 Å². The lowest BCUT2D eigenvalue weighted by molar-refractivity contribution is -0.385. The molecule has 1 N–H and O–H groups in total. The highest BCUT2D eigenvalue weighted by atomic mass is 16.6. The van der Waals surface area contributed by atoms with E-state index in [0.717, 1.165) is 12.8 Å². The normalized spacial score (nSPS) is 21.9. The van der Waals surface area contributed by atoms with Gasteiger partial charge in [-0.2, -0.15) is 0 Å². The minimum atomic E-state index is -0.493. The fraction of sp³-hybridized carbons (Fsp3) is 0.500. The van der Waals surface area contributed by atoms with E-state index in [0.29, 0.717) is 6.54 Å². The van der Waals surface area contributed by atoms with Crippen LogP contribution in [0.4, 0.5) is 5.69 Å². The first-order valence-corrected chi connectivity index (χ1v) is 6.43. The van der Waals surface area contributed by atoms with Gasteiger partial charge in [-0.05, 0) is 32.8 Å². The molecular formula is C14H18N2O3. The Morgan fingerprint density at radius 2 is 2.11 bits per heavy atom. The van der Waals surface area contributed by atoms with E-state index in [1.165, 1.54) is 6.07 Å². The molecule has 0 spiro atoms. The number of para-hydroxylation sites is 1. The van der Waals surface area contributed by atoms with E-state index in [2.05, 4.69) is 19.2 Å². The highest BCUT2D eigenvalue weighted by molar-refractivity contribution is 6.01. The number of benzene rings is 1. The van der Waals surface area contributed by atoms with E-state index < -0.39 is 4.92 Å². The van der Waals surface area contributed by atoms with Crippen LogP contribution >= 0.6 is 0 Å². The highest BCUT2D eigenvalue weighted by Gasteiger charge is 2.32. The number of nitro benzene ring substituents is 1. The van der Waals surface area contributed by atoms with E-state index >= 15 is 0 Å². The third kappa shape index (κ3) is 2.98. The van der Waals surface area contributed by atoms with E-state index in [4.69, 9.17) is 0 Å². The van der Waals surface area contributed by atoms with Gasteiger partial charge in [0.25, 0.3) is 5.69 Å². The summed E-state index contributed by atoms with van der Waals surface area (Å²) in [6.07, 6.45) is 1.66. The summed E-state index contributed by atoms with van der Waals surface area (Å²) in [6.45, 7) is 4.77. The summed E-state index contributed by atoms with van der Waals surface area (Å²) in [4.78, 5) is 22.8. The largest absolute Gasteiger partial charge is 0.311 e. The highest BCUT2D eigenvalue weighted by Crippen LogP contribution is 2.27. The Bertz CT molecular complexity index is 501. The number of carbonyl (C=O) groups is 1. The van der Waals surface area contributed by atoms with Crippen molar-refractivity contribution in [1.82, 2.24) is 5.32 Å². The van der Waals surface area contributed by atoms with Crippen LogP contribution in [0.3, 0.4) is 0 Å². The number of nitrogens with one attached hydrogen (secondary N) is 1. The number of nitro groups is 1. The number of hydrogen-bond acceptors (Lipinski definition) is 4. The predicted molar refractivity (Wildman–Crippen MR) is 72.2 cm³/mol.